The van der Waals surface area contributed by atoms with Crippen LogP contribution in [0.1, 0.15) is 49.9 Å². The molecule has 0 spiro atoms. The molecule has 0 radical (unpaired) electrons. The minimum atomic E-state index is -0.177. The predicted octanol–water partition coefficient (Wildman–Crippen LogP) is 5.01. The van der Waals surface area contributed by atoms with Crippen molar-refractivity contribution >= 4 is 21.4 Å². The Hall–Kier alpha value is -0.930. The van der Waals surface area contributed by atoms with Gasteiger partial charge < -0.3 is 5.73 Å². The van der Waals surface area contributed by atoms with E-state index in [2.05, 4.69) is 6.92 Å². The largest absolute Gasteiger partial charge is 0.323 e. The van der Waals surface area contributed by atoms with Crippen LogP contribution in [0.15, 0.2) is 24.3 Å². The van der Waals surface area contributed by atoms with Crippen molar-refractivity contribution in [3.05, 3.63) is 35.0 Å². The summed E-state index contributed by atoms with van der Waals surface area (Å²) in [6.07, 6.45) is 5.98. The number of fused-ring (bicyclic) bond motifs is 1. The van der Waals surface area contributed by atoms with E-state index in [9.17, 15) is 4.39 Å². The van der Waals surface area contributed by atoms with Crippen LogP contribution in [-0.4, -0.2) is 0 Å². The summed E-state index contributed by atoms with van der Waals surface area (Å²) in [5.74, 6) is -0.177. The number of unbranched alkanes of at least 4 members (excludes halogenated alkanes) is 3. The number of rotatable bonds is 6. The van der Waals surface area contributed by atoms with Crippen LogP contribution in [-0.2, 0) is 0 Å². The standard InChI is InChI=1S/C15H20FNS/c1-2-3-4-5-6-13(17)15-10-11-9-12(16)7-8-14(11)18-15/h7-10,13H,2-6,17H2,1H3. The van der Waals surface area contributed by atoms with Gasteiger partial charge in [-0.3, -0.25) is 0 Å². The van der Waals surface area contributed by atoms with Crippen LogP contribution in [0.25, 0.3) is 10.1 Å². The van der Waals surface area contributed by atoms with E-state index in [4.69, 9.17) is 5.73 Å². The molecule has 2 aromatic rings. The molecule has 1 aromatic carbocycles. The highest BCUT2D eigenvalue weighted by molar-refractivity contribution is 7.19. The molecular formula is C15H20FNS. The molecule has 1 nitrogen and oxygen atoms in total. The van der Waals surface area contributed by atoms with Gasteiger partial charge in [0.2, 0.25) is 0 Å². The second-order valence-corrected chi connectivity index (χ2v) is 5.90. The molecule has 1 aromatic heterocycles. The molecule has 1 heterocycles. The second-order valence-electron chi connectivity index (χ2n) is 4.79. The highest BCUT2D eigenvalue weighted by atomic mass is 32.1. The Bertz CT molecular complexity index is 506. The molecule has 0 amide bonds. The average molecular weight is 265 g/mol. The van der Waals surface area contributed by atoms with E-state index in [1.807, 2.05) is 12.1 Å². The molecule has 0 bridgehead atoms. The summed E-state index contributed by atoms with van der Waals surface area (Å²) in [5.41, 5.74) is 6.20. The Morgan fingerprint density at radius 1 is 1.22 bits per heavy atom. The van der Waals surface area contributed by atoms with Crippen molar-refractivity contribution in [1.82, 2.24) is 0 Å². The van der Waals surface area contributed by atoms with Crippen LogP contribution in [0.4, 0.5) is 4.39 Å². The lowest BCUT2D eigenvalue weighted by molar-refractivity contribution is 0.571. The van der Waals surface area contributed by atoms with Gasteiger partial charge in [-0.05, 0) is 36.1 Å². The molecule has 2 N–H and O–H groups in total. The van der Waals surface area contributed by atoms with Gasteiger partial charge in [0.25, 0.3) is 0 Å². The summed E-state index contributed by atoms with van der Waals surface area (Å²) in [6.45, 7) is 2.21. The Morgan fingerprint density at radius 3 is 2.83 bits per heavy atom. The fraction of sp³-hybridized carbons (Fsp3) is 0.467. The lowest BCUT2D eigenvalue weighted by atomic mass is 10.1. The van der Waals surface area contributed by atoms with Crippen LogP contribution in [0.3, 0.4) is 0 Å². The third-order valence-corrected chi connectivity index (χ3v) is 4.48. The fourth-order valence-corrected chi connectivity index (χ4v) is 3.23. The fourth-order valence-electron chi connectivity index (χ4n) is 2.15. The van der Waals surface area contributed by atoms with Crippen molar-refractivity contribution < 1.29 is 4.39 Å². The molecule has 0 aliphatic heterocycles. The van der Waals surface area contributed by atoms with Crippen molar-refractivity contribution in [2.45, 2.75) is 45.1 Å². The SMILES string of the molecule is CCCCCCC(N)c1cc2cc(F)ccc2s1. The van der Waals surface area contributed by atoms with Gasteiger partial charge >= 0.3 is 0 Å². The lowest BCUT2D eigenvalue weighted by Crippen LogP contribution is -2.07. The summed E-state index contributed by atoms with van der Waals surface area (Å²) in [4.78, 5) is 1.17. The van der Waals surface area contributed by atoms with Gasteiger partial charge in [0.1, 0.15) is 5.82 Å². The second kappa shape index (κ2) is 6.30. The van der Waals surface area contributed by atoms with Crippen LogP contribution < -0.4 is 5.73 Å². The summed E-state index contributed by atoms with van der Waals surface area (Å²) < 4.78 is 14.2. The van der Waals surface area contributed by atoms with Gasteiger partial charge in [-0.15, -0.1) is 11.3 Å². The summed E-state index contributed by atoms with van der Waals surface area (Å²) in [7, 11) is 0. The van der Waals surface area contributed by atoms with Crippen LogP contribution in [0, 0.1) is 5.82 Å². The normalized spacial score (nSPS) is 13.1. The zero-order chi connectivity index (χ0) is 13.0. The third kappa shape index (κ3) is 3.30. The minimum Gasteiger partial charge on any atom is -0.323 e. The molecule has 0 saturated carbocycles. The van der Waals surface area contributed by atoms with Crippen molar-refractivity contribution in [3.63, 3.8) is 0 Å². The Balaban J connectivity index is 2.01. The number of thiophene rings is 1. The number of benzene rings is 1. The molecule has 1 atom stereocenters. The van der Waals surface area contributed by atoms with E-state index >= 15 is 0 Å². The van der Waals surface area contributed by atoms with Crippen molar-refractivity contribution in [2.24, 2.45) is 5.73 Å². The topological polar surface area (TPSA) is 26.0 Å². The molecule has 0 aliphatic rings. The van der Waals surface area contributed by atoms with Crippen LogP contribution in [0.2, 0.25) is 0 Å². The molecule has 2 rings (SSSR count). The maximum absolute atomic E-state index is 13.1. The molecule has 98 valence electrons. The van der Waals surface area contributed by atoms with E-state index in [1.165, 1.54) is 36.6 Å². The Morgan fingerprint density at radius 2 is 2.06 bits per heavy atom. The molecule has 1 unspecified atom stereocenters. The van der Waals surface area contributed by atoms with Crippen molar-refractivity contribution in [3.8, 4) is 0 Å². The van der Waals surface area contributed by atoms with Gasteiger partial charge in [-0.1, -0.05) is 32.6 Å². The van der Waals surface area contributed by atoms with Gasteiger partial charge in [0.05, 0.1) is 0 Å². The predicted molar refractivity (Wildman–Crippen MR) is 77.5 cm³/mol. The first-order valence-corrected chi connectivity index (χ1v) is 7.47. The minimum absolute atomic E-state index is 0.0994. The van der Waals surface area contributed by atoms with Gasteiger partial charge in [-0.25, -0.2) is 4.39 Å². The molecule has 0 fully saturated rings. The average Bonchev–Trinajstić information content (AvgIpc) is 2.77. The summed E-state index contributed by atoms with van der Waals surface area (Å²) >= 11 is 1.69. The van der Waals surface area contributed by atoms with Crippen LogP contribution >= 0.6 is 11.3 Å². The Labute approximate surface area is 112 Å². The first-order valence-electron chi connectivity index (χ1n) is 6.65. The molecule has 18 heavy (non-hydrogen) atoms. The van der Waals surface area contributed by atoms with E-state index in [1.54, 1.807) is 17.4 Å². The summed E-state index contributed by atoms with van der Waals surface area (Å²) in [5, 5.41) is 0.971. The molecular weight excluding hydrogens is 245 g/mol. The van der Waals surface area contributed by atoms with E-state index in [-0.39, 0.29) is 11.9 Å². The van der Waals surface area contributed by atoms with Gasteiger partial charge in [-0.2, -0.15) is 0 Å². The number of halogens is 1. The zero-order valence-corrected chi connectivity index (χ0v) is 11.6. The molecule has 3 heteroatoms. The number of hydrogen-bond acceptors (Lipinski definition) is 2. The highest BCUT2D eigenvalue weighted by Gasteiger charge is 2.10. The quantitative estimate of drug-likeness (QED) is 0.730. The summed E-state index contributed by atoms with van der Waals surface area (Å²) in [6, 6.07) is 7.06. The lowest BCUT2D eigenvalue weighted by Gasteiger charge is -2.08. The highest BCUT2D eigenvalue weighted by Crippen LogP contribution is 2.31. The third-order valence-electron chi connectivity index (χ3n) is 3.23. The number of hydrogen-bond donors (Lipinski definition) is 1. The van der Waals surface area contributed by atoms with E-state index < -0.39 is 0 Å². The van der Waals surface area contributed by atoms with Gasteiger partial charge in [0, 0.05) is 15.6 Å². The van der Waals surface area contributed by atoms with E-state index in [0.717, 1.165) is 16.5 Å². The molecule has 0 aliphatic carbocycles. The maximum Gasteiger partial charge on any atom is 0.123 e. The molecule has 0 saturated heterocycles. The maximum atomic E-state index is 13.1. The smallest absolute Gasteiger partial charge is 0.123 e. The first kappa shape index (κ1) is 13.5. The van der Waals surface area contributed by atoms with Crippen molar-refractivity contribution in [2.75, 3.05) is 0 Å². The van der Waals surface area contributed by atoms with Gasteiger partial charge in [0.15, 0.2) is 0 Å². The van der Waals surface area contributed by atoms with Crippen molar-refractivity contribution in [1.29, 1.82) is 0 Å². The van der Waals surface area contributed by atoms with E-state index in [0.29, 0.717) is 0 Å². The Kier molecular flexibility index (Phi) is 4.72. The first-order chi connectivity index (χ1) is 8.70. The zero-order valence-electron chi connectivity index (χ0n) is 10.8. The van der Waals surface area contributed by atoms with Crippen LogP contribution in [0.5, 0.6) is 0 Å². The number of nitrogens with two attached hydrogens (primary N) is 1. The monoisotopic (exact) mass is 265 g/mol.